The quantitative estimate of drug-likeness (QED) is 0.839. The van der Waals surface area contributed by atoms with E-state index in [1.807, 2.05) is 4.90 Å². The van der Waals surface area contributed by atoms with E-state index in [1.54, 1.807) is 31.4 Å². The van der Waals surface area contributed by atoms with Crippen LogP contribution in [0.5, 0.6) is 5.75 Å². The van der Waals surface area contributed by atoms with E-state index in [9.17, 15) is 13.2 Å². The summed E-state index contributed by atoms with van der Waals surface area (Å²) in [6, 6.07) is 6.43. The van der Waals surface area contributed by atoms with Crippen LogP contribution in [-0.4, -0.2) is 69.9 Å². The third-order valence-corrected chi connectivity index (χ3v) is 7.07. The molecule has 2 aliphatic rings. The number of hydrogen-bond donors (Lipinski definition) is 1. The maximum atomic E-state index is 12.9. The fourth-order valence-corrected chi connectivity index (χ4v) is 5.05. The third-order valence-electron chi connectivity index (χ3n) is 5.15. The number of carbonyl (C=O) groups excluding carboxylic acids is 1. The van der Waals surface area contributed by atoms with Gasteiger partial charge < -0.3 is 15.0 Å². The Morgan fingerprint density at radius 2 is 1.77 bits per heavy atom. The van der Waals surface area contributed by atoms with Crippen LogP contribution in [0.3, 0.4) is 0 Å². The van der Waals surface area contributed by atoms with Crippen molar-refractivity contribution >= 4 is 15.9 Å². The Hall–Kier alpha value is -1.64. The Kier molecular flexibility index (Phi) is 6.16. The molecule has 2 saturated heterocycles. The third kappa shape index (κ3) is 4.19. The first-order chi connectivity index (χ1) is 12.5. The van der Waals surface area contributed by atoms with Gasteiger partial charge in [0.1, 0.15) is 5.75 Å². The minimum atomic E-state index is -3.55. The van der Waals surface area contributed by atoms with E-state index in [0.29, 0.717) is 38.3 Å². The van der Waals surface area contributed by atoms with Gasteiger partial charge in [0.05, 0.1) is 12.0 Å². The lowest BCUT2D eigenvalue weighted by molar-refractivity contribution is -0.136. The number of carbonyl (C=O) groups is 1. The van der Waals surface area contributed by atoms with Crippen LogP contribution in [0.4, 0.5) is 0 Å². The van der Waals surface area contributed by atoms with Crippen molar-refractivity contribution in [3.05, 3.63) is 24.3 Å². The molecule has 0 aliphatic carbocycles. The normalized spacial score (nSPS) is 20.6. The Morgan fingerprint density at radius 1 is 1.08 bits per heavy atom. The minimum absolute atomic E-state index is 0.0704. The molecule has 0 radical (unpaired) electrons. The highest BCUT2D eigenvalue weighted by Gasteiger charge is 2.31. The average molecular weight is 381 g/mol. The zero-order valence-corrected chi connectivity index (χ0v) is 16.0. The lowest BCUT2D eigenvalue weighted by Crippen LogP contribution is -2.43. The summed E-state index contributed by atoms with van der Waals surface area (Å²) in [5.41, 5.74) is 0. The van der Waals surface area contributed by atoms with Gasteiger partial charge >= 0.3 is 0 Å². The molecule has 0 saturated carbocycles. The number of nitrogens with one attached hydrogen (secondary N) is 1. The van der Waals surface area contributed by atoms with Gasteiger partial charge in [0, 0.05) is 32.1 Å². The van der Waals surface area contributed by atoms with Gasteiger partial charge in [-0.1, -0.05) is 0 Å². The largest absolute Gasteiger partial charge is 0.497 e. The number of piperidine rings is 1. The van der Waals surface area contributed by atoms with Crippen molar-refractivity contribution in [1.29, 1.82) is 0 Å². The van der Waals surface area contributed by atoms with Crippen molar-refractivity contribution in [2.24, 2.45) is 5.92 Å². The van der Waals surface area contributed by atoms with Crippen LogP contribution in [0.1, 0.15) is 19.3 Å². The molecule has 0 spiro atoms. The van der Waals surface area contributed by atoms with Crippen molar-refractivity contribution in [2.45, 2.75) is 24.2 Å². The maximum absolute atomic E-state index is 12.9. The first-order valence-electron chi connectivity index (χ1n) is 9.16. The molecule has 1 aromatic carbocycles. The van der Waals surface area contributed by atoms with E-state index in [0.717, 1.165) is 25.9 Å². The number of sulfonamides is 1. The van der Waals surface area contributed by atoms with Crippen molar-refractivity contribution in [3.63, 3.8) is 0 Å². The summed E-state index contributed by atoms with van der Waals surface area (Å²) in [6.45, 7) is 3.61. The molecule has 26 heavy (non-hydrogen) atoms. The van der Waals surface area contributed by atoms with Gasteiger partial charge in [0.2, 0.25) is 15.9 Å². The number of rotatable bonds is 4. The topological polar surface area (TPSA) is 79.0 Å². The number of benzene rings is 1. The summed E-state index contributed by atoms with van der Waals surface area (Å²) in [7, 11) is -2.01. The molecule has 3 rings (SSSR count). The molecule has 2 heterocycles. The summed E-state index contributed by atoms with van der Waals surface area (Å²) in [5.74, 6) is 0.870. The van der Waals surface area contributed by atoms with Crippen LogP contribution >= 0.6 is 0 Å². The summed E-state index contributed by atoms with van der Waals surface area (Å²) in [5, 5.41) is 3.27. The summed E-state index contributed by atoms with van der Waals surface area (Å²) in [6.07, 6.45) is 2.39. The minimum Gasteiger partial charge on any atom is -0.497 e. The molecular weight excluding hydrogens is 354 g/mol. The number of ether oxygens (including phenoxy) is 1. The van der Waals surface area contributed by atoms with E-state index < -0.39 is 10.0 Å². The van der Waals surface area contributed by atoms with E-state index in [4.69, 9.17) is 4.74 Å². The van der Waals surface area contributed by atoms with Crippen molar-refractivity contribution < 1.29 is 17.9 Å². The van der Waals surface area contributed by atoms with Gasteiger partial charge in [0.25, 0.3) is 0 Å². The highest BCUT2D eigenvalue weighted by molar-refractivity contribution is 7.89. The molecule has 1 amide bonds. The van der Waals surface area contributed by atoms with Crippen LogP contribution in [0, 0.1) is 5.92 Å². The van der Waals surface area contributed by atoms with Gasteiger partial charge in [-0.3, -0.25) is 4.79 Å². The Morgan fingerprint density at radius 3 is 2.42 bits per heavy atom. The van der Waals surface area contributed by atoms with Gasteiger partial charge in [0.15, 0.2) is 0 Å². The molecule has 2 aliphatic heterocycles. The standard InChI is InChI=1S/C18H27N3O4S/c1-25-16-3-5-17(6-4-16)26(23,24)21-12-2-11-20(13-14-21)18(22)15-7-9-19-10-8-15/h3-6,15,19H,2,7-14H2,1H3. The molecule has 1 N–H and O–H groups in total. The van der Waals surface area contributed by atoms with Crippen molar-refractivity contribution in [2.75, 3.05) is 46.4 Å². The molecule has 0 bridgehead atoms. The number of hydrogen-bond acceptors (Lipinski definition) is 5. The molecule has 8 heteroatoms. The van der Waals surface area contributed by atoms with Gasteiger partial charge in [-0.2, -0.15) is 4.31 Å². The monoisotopic (exact) mass is 381 g/mol. The number of nitrogens with zero attached hydrogens (tertiary/aromatic N) is 2. The predicted molar refractivity (Wildman–Crippen MR) is 98.5 cm³/mol. The van der Waals surface area contributed by atoms with Crippen LogP contribution in [0.2, 0.25) is 0 Å². The van der Waals surface area contributed by atoms with Crippen LogP contribution in [-0.2, 0) is 14.8 Å². The smallest absolute Gasteiger partial charge is 0.243 e. The lowest BCUT2D eigenvalue weighted by Gasteiger charge is -2.28. The van der Waals surface area contributed by atoms with Crippen molar-refractivity contribution in [1.82, 2.24) is 14.5 Å². The Bertz CT molecular complexity index is 714. The zero-order valence-electron chi connectivity index (χ0n) is 15.2. The summed E-state index contributed by atoms with van der Waals surface area (Å²) in [4.78, 5) is 14.8. The van der Waals surface area contributed by atoms with Crippen LogP contribution in [0.15, 0.2) is 29.2 Å². The molecule has 1 aromatic rings. The second-order valence-corrected chi connectivity index (χ2v) is 8.72. The van der Waals surface area contributed by atoms with E-state index in [-0.39, 0.29) is 16.7 Å². The molecule has 7 nitrogen and oxygen atoms in total. The molecular formula is C18H27N3O4S. The highest BCUT2D eigenvalue weighted by atomic mass is 32.2. The van der Waals surface area contributed by atoms with E-state index in [2.05, 4.69) is 5.32 Å². The molecule has 0 unspecified atom stereocenters. The first kappa shape index (κ1) is 19.1. The predicted octanol–water partition coefficient (Wildman–Crippen LogP) is 0.918. The van der Waals surface area contributed by atoms with Gasteiger partial charge in [-0.25, -0.2) is 8.42 Å². The van der Waals surface area contributed by atoms with Gasteiger partial charge in [-0.05, 0) is 56.6 Å². The number of amides is 1. The summed E-state index contributed by atoms with van der Waals surface area (Å²) < 4.78 is 32.4. The fraction of sp³-hybridized carbons (Fsp3) is 0.611. The molecule has 2 fully saturated rings. The number of methoxy groups -OCH3 is 1. The molecule has 144 valence electrons. The fourth-order valence-electron chi connectivity index (χ4n) is 3.58. The first-order valence-corrected chi connectivity index (χ1v) is 10.6. The van der Waals surface area contributed by atoms with E-state index in [1.165, 1.54) is 4.31 Å². The highest BCUT2D eigenvalue weighted by Crippen LogP contribution is 2.22. The summed E-state index contributed by atoms with van der Waals surface area (Å²) >= 11 is 0. The second kappa shape index (κ2) is 8.37. The van der Waals surface area contributed by atoms with Crippen LogP contribution < -0.4 is 10.1 Å². The van der Waals surface area contributed by atoms with Crippen LogP contribution in [0.25, 0.3) is 0 Å². The van der Waals surface area contributed by atoms with Crippen molar-refractivity contribution in [3.8, 4) is 5.75 Å². The lowest BCUT2D eigenvalue weighted by atomic mass is 9.96. The Balaban J connectivity index is 1.66. The van der Waals surface area contributed by atoms with Gasteiger partial charge in [-0.15, -0.1) is 0 Å². The average Bonchev–Trinajstić information content (AvgIpc) is 2.95. The second-order valence-electron chi connectivity index (χ2n) is 6.78. The van der Waals surface area contributed by atoms with E-state index >= 15 is 0 Å². The Labute approximate surface area is 155 Å². The molecule has 0 atom stereocenters. The zero-order chi connectivity index (χ0) is 18.6. The maximum Gasteiger partial charge on any atom is 0.243 e. The molecule has 0 aromatic heterocycles. The SMILES string of the molecule is COc1ccc(S(=O)(=O)N2CCCN(C(=O)C3CCNCC3)CC2)cc1.